The second kappa shape index (κ2) is 5.18. The van der Waals surface area contributed by atoms with Crippen LogP contribution in [0.4, 0.5) is 0 Å². The number of nitrogens with zero attached hydrogens (tertiary/aromatic N) is 3. The maximum atomic E-state index is 10.1. The van der Waals surface area contributed by atoms with Crippen molar-refractivity contribution in [2.75, 3.05) is 0 Å². The molecule has 0 amide bonds. The van der Waals surface area contributed by atoms with Crippen molar-refractivity contribution in [1.29, 1.82) is 0 Å². The van der Waals surface area contributed by atoms with Gasteiger partial charge in [-0.3, -0.25) is 0 Å². The molecule has 4 rings (SSSR count). The zero-order valence-corrected chi connectivity index (χ0v) is 15.5. The Kier molecular flexibility index (Phi) is 3.98. The van der Waals surface area contributed by atoms with Crippen molar-refractivity contribution in [3.8, 4) is 11.4 Å². The monoisotopic (exact) mass is 356 g/mol. The van der Waals surface area contributed by atoms with E-state index < -0.39 is 0 Å². The average Bonchev–Trinajstić information content (AvgIpc) is 3.01. The quantitative estimate of drug-likeness (QED) is 0.522. The maximum absolute atomic E-state index is 10.1. The maximum Gasteiger partial charge on any atom is 0.112 e. The van der Waals surface area contributed by atoms with Crippen LogP contribution in [-0.2, 0) is 32.7 Å². The minimum atomic E-state index is 0. The smallest absolute Gasteiger partial charge is 0.112 e. The van der Waals surface area contributed by atoms with E-state index in [1.165, 1.54) is 16.6 Å². The summed E-state index contributed by atoms with van der Waals surface area (Å²) in [5.41, 5.74) is 6.47. The molecule has 0 spiro atoms. The first-order valence-corrected chi connectivity index (χ1v) is 6.31. The average molecular weight is 356 g/mol. The van der Waals surface area contributed by atoms with Crippen molar-refractivity contribution in [3.63, 3.8) is 0 Å². The van der Waals surface area contributed by atoms with Gasteiger partial charge >= 0.3 is 0 Å². The van der Waals surface area contributed by atoms with Gasteiger partial charge in [-0.2, -0.15) is 20.4 Å². The molecule has 2 heterocycles. The molecular weight excluding hydrogens is 339 g/mol. The second-order valence-corrected chi connectivity index (χ2v) is 5.17. The molecule has 0 bridgehead atoms. The minimum Gasteiger partial charge on any atom is -0.532 e. The molecule has 0 atom stereocenters. The third-order valence-corrected chi connectivity index (χ3v) is 3.78. The van der Waals surface area contributed by atoms with Crippen LogP contribution in [0, 0.1) is 34.3 Å². The van der Waals surface area contributed by atoms with Crippen LogP contribution in [0.15, 0.2) is 24.3 Å². The van der Waals surface area contributed by atoms with E-state index in [4.69, 9.17) is 0 Å². The number of hydrogen-bond donors (Lipinski definition) is 1. The second-order valence-electron chi connectivity index (χ2n) is 5.17. The van der Waals surface area contributed by atoms with Crippen LogP contribution >= 0.6 is 0 Å². The normalized spacial score (nSPS) is 11.0. The van der Waals surface area contributed by atoms with Gasteiger partial charge < -0.3 is 12.5 Å². The van der Waals surface area contributed by atoms with Crippen LogP contribution in [0.5, 0.6) is 5.75 Å². The van der Waals surface area contributed by atoms with Gasteiger partial charge in [-0.1, -0.05) is 19.9 Å². The van der Waals surface area contributed by atoms with E-state index in [0.717, 1.165) is 16.8 Å². The van der Waals surface area contributed by atoms with Crippen molar-refractivity contribution in [2.45, 2.75) is 20.8 Å². The molecule has 0 aliphatic carbocycles. The van der Waals surface area contributed by atoms with E-state index in [1.807, 2.05) is 34.0 Å². The summed E-state index contributed by atoms with van der Waals surface area (Å²) in [4.78, 5) is 1.96. The number of rotatable bonds is 1. The number of phenols is 1. The van der Waals surface area contributed by atoms with Gasteiger partial charge in [0, 0.05) is 44.1 Å². The summed E-state index contributed by atoms with van der Waals surface area (Å²) in [6.07, 6.45) is 0. The fourth-order valence-corrected chi connectivity index (χ4v) is 2.53. The molecule has 4 nitrogen and oxygen atoms in total. The summed E-state index contributed by atoms with van der Waals surface area (Å²) in [5.74, 6) is 0.195. The van der Waals surface area contributed by atoms with Gasteiger partial charge in [-0.05, 0) is 24.6 Å². The zero-order chi connectivity index (χ0) is 13.3. The summed E-state index contributed by atoms with van der Waals surface area (Å²) in [6.45, 7) is 6.06. The first kappa shape index (κ1) is 16.1. The van der Waals surface area contributed by atoms with Crippen LogP contribution in [0.1, 0.15) is 16.7 Å². The molecule has 2 aromatic heterocycles. The Morgan fingerprint density at radius 1 is 1.00 bits per heavy atom. The third-order valence-electron chi connectivity index (χ3n) is 3.78. The van der Waals surface area contributed by atoms with E-state index in [9.17, 15) is 5.11 Å². The van der Waals surface area contributed by atoms with Crippen LogP contribution < -0.4 is 0 Å². The number of aromatic nitrogens is 3. The number of fused-ring (bicyclic) bond motifs is 4. The molecule has 0 saturated heterocycles. The van der Waals surface area contributed by atoms with Crippen LogP contribution in [0.3, 0.4) is 0 Å². The number of hydrogen-bond acceptors (Lipinski definition) is 1. The van der Waals surface area contributed by atoms with Crippen molar-refractivity contribution >= 4 is 11.0 Å². The standard InChI is InChI=1S/C15H14N3O.CH3.Y/c1-9-4-5-12-13(6-9)17-16(12)18(17)14-7-10(2)11(3)8-15(14)19;;/h4-7,19H,1-3H3;1H3;/q2*-1;. The summed E-state index contributed by atoms with van der Waals surface area (Å²) < 4.78 is 4.08. The number of phenolic OH excluding ortho intramolecular Hbond substituents is 1. The topological polar surface area (TPSA) is 34.0 Å². The molecule has 107 valence electrons. The molecule has 0 unspecified atom stereocenters. The van der Waals surface area contributed by atoms with Gasteiger partial charge in [0.15, 0.2) is 0 Å². The van der Waals surface area contributed by atoms with Crippen LogP contribution in [-0.4, -0.2) is 19.2 Å². The van der Waals surface area contributed by atoms with Gasteiger partial charge in [0.05, 0.1) is 0 Å². The molecule has 2 aromatic carbocycles. The zero-order valence-electron chi connectivity index (χ0n) is 12.7. The Morgan fingerprint density at radius 3 is 2.38 bits per heavy atom. The summed E-state index contributed by atoms with van der Waals surface area (Å²) >= 11 is 0. The Hall–Kier alpha value is -1.26. The van der Waals surface area contributed by atoms with Gasteiger partial charge in [-0.15, -0.1) is 12.1 Å². The predicted octanol–water partition coefficient (Wildman–Crippen LogP) is 3.30. The Balaban J connectivity index is 0.000000807. The van der Waals surface area contributed by atoms with Crippen molar-refractivity contribution < 1.29 is 37.8 Å². The number of aryl methyl sites for hydroxylation is 3. The van der Waals surface area contributed by atoms with Crippen LogP contribution in [0.25, 0.3) is 16.7 Å². The number of benzene rings is 2. The molecule has 0 fully saturated rings. The summed E-state index contributed by atoms with van der Waals surface area (Å²) in [6, 6.07) is 11.3. The van der Waals surface area contributed by atoms with Crippen molar-refractivity contribution in [3.05, 3.63) is 54.4 Å². The Morgan fingerprint density at radius 2 is 1.67 bits per heavy atom. The molecular formula is C16H17N3OY-2. The first-order chi connectivity index (χ1) is 9.08. The van der Waals surface area contributed by atoms with Gasteiger partial charge in [0.1, 0.15) is 11.0 Å². The molecule has 1 radical (unpaired) electrons. The molecule has 0 saturated carbocycles. The van der Waals surface area contributed by atoms with E-state index in [0.29, 0.717) is 0 Å². The van der Waals surface area contributed by atoms with E-state index >= 15 is 0 Å². The number of aromatic hydroxyl groups is 1. The summed E-state index contributed by atoms with van der Waals surface area (Å²) in [5, 5.41) is 10.1. The first-order valence-electron chi connectivity index (χ1n) is 6.31. The molecule has 0 aliphatic rings. The van der Waals surface area contributed by atoms with Gasteiger partial charge in [-0.25, -0.2) is 4.80 Å². The fourth-order valence-electron chi connectivity index (χ4n) is 2.53. The van der Waals surface area contributed by atoms with Crippen molar-refractivity contribution in [1.82, 2.24) is 14.1 Å². The summed E-state index contributed by atoms with van der Waals surface area (Å²) in [7, 11) is 0. The van der Waals surface area contributed by atoms with E-state index in [1.54, 1.807) is 0 Å². The Labute approximate surface area is 149 Å². The fraction of sp³-hybridized carbons (Fsp3) is 0.188. The van der Waals surface area contributed by atoms with Crippen molar-refractivity contribution in [2.24, 2.45) is 0 Å². The molecule has 0 aliphatic heterocycles. The van der Waals surface area contributed by atoms with Gasteiger partial charge in [0.2, 0.25) is 0 Å². The van der Waals surface area contributed by atoms with E-state index in [-0.39, 0.29) is 45.9 Å². The largest absolute Gasteiger partial charge is 0.532 e. The predicted molar refractivity (Wildman–Crippen MR) is 80.0 cm³/mol. The molecule has 5 heteroatoms. The molecule has 21 heavy (non-hydrogen) atoms. The molecule has 1 N–H and O–H groups in total. The SMILES string of the molecule is Cc1ccc2c(c1)n1n(-c3cc(C)c(C)[c-]c3O)n21.[CH3-].[Y]. The minimum absolute atomic E-state index is 0. The van der Waals surface area contributed by atoms with Gasteiger partial charge in [0.25, 0.3) is 0 Å². The third kappa shape index (κ3) is 2.12. The Bertz CT molecular complexity index is 913. The van der Waals surface area contributed by atoms with E-state index in [2.05, 4.69) is 31.2 Å². The molecule has 4 aromatic rings. The van der Waals surface area contributed by atoms with Crippen LogP contribution in [0.2, 0.25) is 0 Å².